The van der Waals surface area contributed by atoms with Gasteiger partial charge in [0.25, 0.3) is 0 Å². The molecule has 0 radical (unpaired) electrons. The summed E-state index contributed by atoms with van der Waals surface area (Å²) in [6.45, 7) is 7.78. The van der Waals surface area contributed by atoms with Gasteiger partial charge in [-0.25, -0.2) is 0 Å². The lowest BCUT2D eigenvalue weighted by Gasteiger charge is -1.95. The molecule has 1 aromatic carbocycles. The third-order valence-corrected chi connectivity index (χ3v) is 1.29. The Bertz CT molecular complexity index is 274. The summed E-state index contributed by atoms with van der Waals surface area (Å²) in [4.78, 5) is 0. The molecule has 1 aromatic rings. The zero-order chi connectivity index (χ0) is 10.1. The Morgan fingerprint density at radius 3 is 2.08 bits per heavy atom. The summed E-state index contributed by atoms with van der Waals surface area (Å²) >= 11 is 0. The zero-order valence-electron chi connectivity index (χ0n) is 8.72. The second kappa shape index (κ2) is 7.24. The summed E-state index contributed by atoms with van der Waals surface area (Å²) in [5, 5.41) is 0. The second-order valence-electron chi connectivity index (χ2n) is 2.27. The predicted molar refractivity (Wildman–Crippen MR) is 56.6 cm³/mol. The molecule has 1 nitrogen and oxygen atoms in total. The standard InChI is InChI=1S/C10H10O.C2H6/c1-3-8-11-10-6-4-9(2)5-7-10;1-2/h4-7H,1-2H3;1-2H3. The van der Waals surface area contributed by atoms with Crippen LogP contribution in [0, 0.1) is 19.0 Å². The van der Waals surface area contributed by atoms with Crippen molar-refractivity contribution in [2.24, 2.45) is 0 Å². The van der Waals surface area contributed by atoms with Crippen molar-refractivity contribution < 1.29 is 4.74 Å². The van der Waals surface area contributed by atoms with Crippen LogP contribution in [0.15, 0.2) is 24.3 Å². The smallest absolute Gasteiger partial charge is 0.140 e. The number of hydrogen-bond donors (Lipinski definition) is 0. The number of rotatable bonds is 1. The van der Waals surface area contributed by atoms with Crippen molar-refractivity contribution in [3.8, 4) is 17.8 Å². The first-order chi connectivity index (χ1) is 6.33. The molecule has 0 saturated carbocycles. The molecule has 13 heavy (non-hydrogen) atoms. The predicted octanol–water partition coefficient (Wildman–Crippen LogP) is 3.38. The van der Waals surface area contributed by atoms with Crippen LogP contribution < -0.4 is 4.74 Å². The summed E-state index contributed by atoms with van der Waals surface area (Å²) in [5.41, 5.74) is 1.22. The number of ether oxygens (including phenoxy) is 1. The van der Waals surface area contributed by atoms with Gasteiger partial charge in [0, 0.05) is 6.92 Å². The Hall–Kier alpha value is -1.42. The molecule has 0 aliphatic heterocycles. The van der Waals surface area contributed by atoms with Crippen molar-refractivity contribution in [1.29, 1.82) is 0 Å². The van der Waals surface area contributed by atoms with Crippen LogP contribution >= 0.6 is 0 Å². The van der Waals surface area contributed by atoms with E-state index in [-0.39, 0.29) is 0 Å². The molecule has 0 spiro atoms. The Balaban J connectivity index is 0.000000671. The molecular formula is C12H16O. The van der Waals surface area contributed by atoms with Gasteiger partial charge in [0.05, 0.1) is 0 Å². The van der Waals surface area contributed by atoms with Crippen LogP contribution in [0.4, 0.5) is 0 Å². The van der Waals surface area contributed by atoms with E-state index in [9.17, 15) is 0 Å². The van der Waals surface area contributed by atoms with Gasteiger partial charge in [-0.15, -0.1) is 0 Å². The largest absolute Gasteiger partial charge is 0.408 e. The lowest BCUT2D eigenvalue weighted by Crippen LogP contribution is -1.81. The summed E-state index contributed by atoms with van der Waals surface area (Å²) in [6, 6.07) is 7.79. The van der Waals surface area contributed by atoms with Crippen LogP contribution in [0.2, 0.25) is 0 Å². The topological polar surface area (TPSA) is 9.23 Å². The van der Waals surface area contributed by atoms with E-state index < -0.39 is 0 Å². The highest BCUT2D eigenvalue weighted by Crippen LogP contribution is 2.10. The molecule has 1 heteroatoms. The first kappa shape index (κ1) is 11.6. The van der Waals surface area contributed by atoms with Gasteiger partial charge in [0.2, 0.25) is 0 Å². The first-order valence-corrected chi connectivity index (χ1v) is 4.48. The van der Waals surface area contributed by atoms with E-state index in [1.807, 2.05) is 45.0 Å². The van der Waals surface area contributed by atoms with Gasteiger partial charge in [0.15, 0.2) is 0 Å². The molecule has 0 aliphatic rings. The van der Waals surface area contributed by atoms with Gasteiger partial charge < -0.3 is 4.74 Å². The van der Waals surface area contributed by atoms with E-state index in [0.29, 0.717) is 0 Å². The summed E-state index contributed by atoms with van der Waals surface area (Å²) in [6.07, 6.45) is 2.53. The molecular weight excluding hydrogens is 160 g/mol. The Labute approximate surface area is 80.7 Å². The van der Waals surface area contributed by atoms with Gasteiger partial charge >= 0.3 is 0 Å². The van der Waals surface area contributed by atoms with Crippen molar-refractivity contribution in [3.05, 3.63) is 29.8 Å². The monoisotopic (exact) mass is 176 g/mol. The molecule has 0 N–H and O–H groups in total. The van der Waals surface area contributed by atoms with Crippen LogP contribution in [0.1, 0.15) is 26.3 Å². The molecule has 0 saturated heterocycles. The molecule has 0 aliphatic carbocycles. The molecule has 0 amide bonds. The average Bonchev–Trinajstić information content (AvgIpc) is 2.20. The fourth-order valence-electron chi connectivity index (χ4n) is 0.716. The van der Waals surface area contributed by atoms with Crippen molar-refractivity contribution in [1.82, 2.24) is 0 Å². The van der Waals surface area contributed by atoms with E-state index >= 15 is 0 Å². The molecule has 1 rings (SSSR count). The molecule has 0 atom stereocenters. The number of aryl methyl sites for hydroxylation is 1. The van der Waals surface area contributed by atoms with Crippen LogP contribution in [-0.2, 0) is 0 Å². The fourth-order valence-corrected chi connectivity index (χ4v) is 0.716. The minimum absolute atomic E-state index is 0.796. The molecule has 0 heterocycles. The van der Waals surface area contributed by atoms with Crippen LogP contribution in [0.25, 0.3) is 0 Å². The highest BCUT2D eigenvalue weighted by atomic mass is 16.5. The first-order valence-electron chi connectivity index (χ1n) is 4.48. The Kier molecular flexibility index (Phi) is 6.45. The lowest BCUT2D eigenvalue weighted by molar-refractivity contribution is 0.519. The van der Waals surface area contributed by atoms with Gasteiger partial charge in [-0.3, -0.25) is 0 Å². The van der Waals surface area contributed by atoms with E-state index in [1.165, 1.54) is 5.56 Å². The Morgan fingerprint density at radius 2 is 1.62 bits per heavy atom. The summed E-state index contributed by atoms with van der Waals surface area (Å²) in [7, 11) is 0. The zero-order valence-corrected chi connectivity index (χ0v) is 8.72. The number of benzene rings is 1. The minimum atomic E-state index is 0.796. The van der Waals surface area contributed by atoms with E-state index in [4.69, 9.17) is 4.74 Å². The summed E-state index contributed by atoms with van der Waals surface area (Å²) < 4.78 is 5.05. The third kappa shape index (κ3) is 4.92. The average molecular weight is 176 g/mol. The van der Waals surface area contributed by atoms with Gasteiger partial charge in [0.1, 0.15) is 11.9 Å². The summed E-state index contributed by atoms with van der Waals surface area (Å²) in [5.74, 6) is 3.45. The third-order valence-electron chi connectivity index (χ3n) is 1.29. The maximum atomic E-state index is 5.05. The molecule has 0 aromatic heterocycles. The SMILES string of the molecule is CC.CC#COc1ccc(C)cc1. The maximum absolute atomic E-state index is 5.05. The van der Waals surface area contributed by atoms with Crippen molar-refractivity contribution in [2.45, 2.75) is 27.7 Å². The quantitative estimate of drug-likeness (QED) is 0.596. The van der Waals surface area contributed by atoms with E-state index in [2.05, 4.69) is 12.0 Å². The Morgan fingerprint density at radius 1 is 1.08 bits per heavy atom. The molecule has 0 bridgehead atoms. The highest BCUT2D eigenvalue weighted by Gasteiger charge is 1.88. The van der Waals surface area contributed by atoms with Gasteiger partial charge in [-0.1, -0.05) is 37.5 Å². The molecule has 0 fully saturated rings. The van der Waals surface area contributed by atoms with Gasteiger partial charge in [-0.05, 0) is 19.1 Å². The highest BCUT2D eigenvalue weighted by molar-refractivity contribution is 5.27. The lowest BCUT2D eigenvalue weighted by atomic mass is 10.2. The van der Waals surface area contributed by atoms with E-state index in [1.54, 1.807) is 6.92 Å². The van der Waals surface area contributed by atoms with Crippen LogP contribution in [-0.4, -0.2) is 0 Å². The van der Waals surface area contributed by atoms with Crippen molar-refractivity contribution >= 4 is 0 Å². The number of hydrogen-bond acceptors (Lipinski definition) is 1. The van der Waals surface area contributed by atoms with Crippen LogP contribution in [0.5, 0.6) is 5.75 Å². The van der Waals surface area contributed by atoms with Gasteiger partial charge in [-0.2, -0.15) is 0 Å². The molecule has 0 unspecified atom stereocenters. The van der Waals surface area contributed by atoms with Crippen LogP contribution in [0.3, 0.4) is 0 Å². The van der Waals surface area contributed by atoms with Crippen molar-refractivity contribution in [3.63, 3.8) is 0 Å². The van der Waals surface area contributed by atoms with E-state index in [0.717, 1.165) is 5.75 Å². The second-order valence-corrected chi connectivity index (χ2v) is 2.27. The van der Waals surface area contributed by atoms with Crippen molar-refractivity contribution in [2.75, 3.05) is 0 Å². The fraction of sp³-hybridized carbons (Fsp3) is 0.333. The molecule has 70 valence electrons. The maximum Gasteiger partial charge on any atom is 0.140 e. The minimum Gasteiger partial charge on any atom is -0.408 e. The normalized spacial score (nSPS) is 7.38.